The summed E-state index contributed by atoms with van der Waals surface area (Å²) >= 11 is 5.82. The summed E-state index contributed by atoms with van der Waals surface area (Å²) in [5.41, 5.74) is 4.76. The first-order valence-electron chi connectivity index (χ1n) is 5.81. The summed E-state index contributed by atoms with van der Waals surface area (Å²) in [4.78, 5) is 23.3. The SMILES string of the molecule is C/C=C/C=C/C(=O)NNC(=O)c1cc(Cl)ccc1OC. The van der Waals surface area contributed by atoms with Crippen molar-refractivity contribution in [2.24, 2.45) is 0 Å². The molecule has 0 unspecified atom stereocenters. The van der Waals surface area contributed by atoms with Gasteiger partial charge >= 0.3 is 0 Å². The molecule has 5 nitrogen and oxygen atoms in total. The van der Waals surface area contributed by atoms with E-state index >= 15 is 0 Å². The molecule has 6 heteroatoms. The molecule has 0 spiro atoms. The van der Waals surface area contributed by atoms with Crippen molar-refractivity contribution in [3.8, 4) is 5.75 Å². The molecule has 106 valence electrons. The Morgan fingerprint density at radius 2 is 2.00 bits per heavy atom. The van der Waals surface area contributed by atoms with E-state index in [4.69, 9.17) is 16.3 Å². The number of benzene rings is 1. The lowest BCUT2D eigenvalue weighted by Gasteiger charge is -2.09. The van der Waals surface area contributed by atoms with Gasteiger partial charge in [-0.05, 0) is 25.1 Å². The van der Waals surface area contributed by atoms with Crippen LogP contribution in [0.4, 0.5) is 0 Å². The Hall–Kier alpha value is -2.27. The van der Waals surface area contributed by atoms with E-state index in [0.717, 1.165) is 0 Å². The Labute approximate surface area is 122 Å². The number of rotatable bonds is 4. The summed E-state index contributed by atoms with van der Waals surface area (Å²) in [5, 5.41) is 0.398. The molecule has 2 N–H and O–H groups in total. The molecule has 0 heterocycles. The minimum atomic E-state index is -0.517. The molecule has 0 saturated heterocycles. The second-order valence-corrected chi connectivity index (χ2v) is 4.11. The number of carbonyl (C=O) groups excluding carboxylic acids is 2. The zero-order valence-corrected chi connectivity index (χ0v) is 11.9. The summed E-state index contributed by atoms with van der Waals surface area (Å²) in [6.45, 7) is 1.83. The van der Waals surface area contributed by atoms with Gasteiger partial charge in [0.05, 0.1) is 12.7 Å². The molecule has 0 aliphatic heterocycles. The predicted octanol–water partition coefficient (Wildman–Crippen LogP) is 2.24. The number of nitrogens with one attached hydrogen (secondary N) is 2. The molecule has 1 aromatic rings. The molecule has 0 aromatic heterocycles. The summed E-state index contributed by atoms with van der Waals surface area (Å²) in [7, 11) is 1.44. The van der Waals surface area contributed by atoms with E-state index in [1.165, 1.54) is 19.3 Å². The average Bonchev–Trinajstić information content (AvgIpc) is 2.45. The van der Waals surface area contributed by atoms with Gasteiger partial charge in [0.2, 0.25) is 0 Å². The molecule has 0 aliphatic rings. The van der Waals surface area contributed by atoms with Crippen molar-refractivity contribution >= 4 is 23.4 Å². The van der Waals surface area contributed by atoms with Gasteiger partial charge in [0.1, 0.15) is 5.75 Å². The maximum absolute atomic E-state index is 11.9. The van der Waals surface area contributed by atoms with Crippen molar-refractivity contribution in [2.75, 3.05) is 7.11 Å². The lowest BCUT2D eigenvalue weighted by atomic mass is 10.2. The van der Waals surface area contributed by atoms with Gasteiger partial charge in [0.15, 0.2) is 0 Å². The zero-order valence-electron chi connectivity index (χ0n) is 11.1. The van der Waals surface area contributed by atoms with Crippen LogP contribution in [0.1, 0.15) is 17.3 Å². The monoisotopic (exact) mass is 294 g/mol. The molecule has 0 radical (unpaired) electrons. The number of ether oxygens (including phenoxy) is 1. The minimum absolute atomic E-state index is 0.234. The number of halogens is 1. The Bertz CT molecular complexity index is 553. The van der Waals surface area contributed by atoms with Gasteiger partial charge in [0, 0.05) is 11.1 Å². The van der Waals surface area contributed by atoms with Gasteiger partial charge in [-0.25, -0.2) is 0 Å². The van der Waals surface area contributed by atoms with Crippen LogP contribution >= 0.6 is 11.6 Å². The number of hydrazine groups is 1. The Kier molecular flexibility index (Phi) is 6.32. The van der Waals surface area contributed by atoms with Crippen molar-refractivity contribution in [1.82, 2.24) is 10.9 Å². The van der Waals surface area contributed by atoms with Crippen LogP contribution < -0.4 is 15.6 Å². The van der Waals surface area contributed by atoms with Crippen LogP contribution in [0.2, 0.25) is 5.02 Å². The fourth-order valence-corrected chi connectivity index (χ4v) is 1.51. The molecule has 0 aliphatic carbocycles. The Morgan fingerprint density at radius 1 is 1.25 bits per heavy atom. The largest absolute Gasteiger partial charge is 0.496 e. The van der Waals surface area contributed by atoms with E-state index in [9.17, 15) is 9.59 Å². The highest BCUT2D eigenvalue weighted by Gasteiger charge is 2.13. The lowest BCUT2D eigenvalue weighted by molar-refractivity contribution is -0.117. The van der Waals surface area contributed by atoms with E-state index in [-0.39, 0.29) is 5.56 Å². The fourth-order valence-electron chi connectivity index (χ4n) is 1.34. The van der Waals surface area contributed by atoms with Crippen molar-refractivity contribution in [3.05, 3.63) is 53.1 Å². The van der Waals surface area contributed by atoms with Gasteiger partial charge in [-0.3, -0.25) is 20.4 Å². The quantitative estimate of drug-likeness (QED) is 0.508. The maximum Gasteiger partial charge on any atom is 0.273 e. The predicted molar refractivity (Wildman–Crippen MR) is 77.6 cm³/mol. The molecular weight excluding hydrogens is 280 g/mol. The topological polar surface area (TPSA) is 67.4 Å². The van der Waals surface area contributed by atoms with E-state index in [1.807, 2.05) is 6.92 Å². The number of methoxy groups -OCH3 is 1. The summed E-state index contributed by atoms with van der Waals surface area (Å²) < 4.78 is 5.05. The second-order valence-electron chi connectivity index (χ2n) is 3.67. The van der Waals surface area contributed by atoms with Crippen molar-refractivity contribution in [2.45, 2.75) is 6.92 Å². The fraction of sp³-hybridized carbons (Fsp3) is 0.143. The summed E-state index contributed by atoms with van der Waals surface area (Å²) in [6.07, 6.45) is 6.32. The van der Waals surface area contributed by atoms with Gasteiger partial charge in [0.25, 0.3) is 11.8 Å². The van der Waals surface area contributed by atoms with Crippen LogP contribution in [0.15, 0.2) is 42.5 Å². The normalized spacial score (nSPS) is 10.8. The molecular formula is C14H15ClN2O3. The first-order chi connectivity index (χ1) is 9.58. The number of hydrogen-bond donors (Lipinski definition) is 2. The van der Waals surface area contributed by atoms with Gasteiger partial charge in [-0.1, -0.05) is 29.8 Å². The van der Waals surface area contributed by atoms with E-state index in [1.54, 1.807) is 30.4 Å². The first-order valence-corrected chi connectivity index (χ1v) is 6.19. The van der Waals surface area contributed by atoms with Crippen LogP contribution in [-0.4, -0.2) is 18.9 Å². The highest BCUT2D eigenvalue weighted by Crippen LogP contribution is 2.22. The van der Waals surface area contributed by atoms with Crippen LogP contribution in [0.3, 0.4) is 0 Å². The Morgan fingerprint density at radius 3 is 2.65 bits per heavy atom. The van der Waals surface area contributed by atoms with Crippen LogP contribution in [0, 0.1) is 0 Å². The molecule has 1 aromatic carbocycles. The van der Waals surface area contributed by atoms with Gasteiger partial charge in [-0.2, -0.15) is 0 Å². The van der Waals surface area contributed by atoms with Crippen LogP contribution in [0.5, 0.6) is 5.75 Å². The third kappa shape index (κ3) is 4.78. The number of amides is 2. The molecule has 0 saturated carbocycles. The third-order valence-corrected chi connectivity index (χ3v) is 2.49. The van der Waals surface area contributed by atoms with Crippen molar-refractivity contribution in [1.29, 1.82) is 0 Å². The van der Waals surface area contributed by atoms with Crippen LogP contribution in [0.25, 0.3) is 0 Å². The maximum atomic E-state index is 11.9. The van der Waals surface area contributed by atoms with E-state index in [2.05, 4.69) is 10.9 Å². The highest BCUT2D eigenvalue weighted by atomic mass is 35.5. The van der Waals surface area contributed by atoms with Gasteiger partial charge in [-0.15, -0.1) is 0 Å². The molecule has 20 heavy (non-hydrogen) atoms. The first kappa shape index (κ1) is 15.8. The molecule has 1 rings (SSSR count). The number of hydrogen-bond acceptors (Lipinski definition) is 3. The minimum Gasteiger partial charge on any atom is -0.496 e. The average molecular weight is 295 g/mol. The zero-order chi connectivity index (χ0) is 15.0. The lowest BCUT2D eigenvalue weighted by Crippen LogP contribution is -2.40. The smallest absolute Gasteiger partial charge is 0.273 e. The van der Waals surface area contributed by atoms with Crippen molar-refractivity contribution in [3.63, 3.8) is 0 Å². The highest BCUT2D eigenvalue weighted by molar-refractivity contribution is 6.31. The summed E-state index contributed by atoms with van der Waals surface area (Å²) in [6, 6.07) is 4.64. The number of allylic oxidation sites excluding steroid dienone is 3. The number of carbonyl (C=O) groups is 2. The molecule has 0 bridgehead atoms. The summed E-state index contributed by atoms with van der Waals surface area (Å²) in [5.74, 6) is -0.597. The molecule has 2 amide bonds. The standard InChI is InChI=1S/C14H15ClN2O3/c1-3-4-5-6-13(18)16-17-14(19)11-9-10(15)7-8-12(11)20-2/h3-9H,1-2H3,(H,16,18)(H,17,19)/b4-3+,6-5+. The van der Waals surface area contributed by atoms with Gasteiger partial charge < -0.3 is 4.74 Å². The molecule has 0 atom stereocenters. The van der Waals surface area contributed by atoms with Crippen molar-refractivity contribution < 1.29 is 14.3 Å². The third-order valence-electron chi connectivity index (χ3n) is 2.26. The molecule has 0 fully saturated rings. The second kappa shape index (κ2) is 8.01. The van der Waals surface area contributed by atoms with E-state index < -0.39 is 11.8 Å². The van der Waals surface area contributed by atoms with Crippen LogP contribution in [-0.2, 0) is 4.79 Å². The Balaban J connectivity index is 2.68. The van der Waals surface area contributed by atoms with E-state index in [0.29, 0.717) is 10.8 Å².